The zero-order valence-corrected chi connectivity index (χ0v) is 11.6. The second kappa shape index (κ2) is 5.93. The Hall–Kier alpha value is -2.40. The number of rotatable bonds is 3. The maximum atomic E-state index is 14.1. The fraction of sp³-hybridized carbons (Fsp3) is 0.125. The minimum Gasteiger partial charge on any atom is -0.405 e. The van der Waals surface area contributed by atoms with E-state index in [1.807, 2.05) is 0 Å². The van der Waals surface area contributed by atoms with Crippen LogP contribution < -0.4 is 17.2 Å². The van der Waals surface area contributed by atoms with Crippen molar-refractivity contribution in [3.8, 4) is 11.1 Å². The third-order valence-corrected chi connectivity index (χ3v) is 3.25. The molecule has 2 aromatic carbocycles. The zero-order chi connectivity index (χ0) is 15.6. The van der Waals surface area contributed by atoms with Gasteiger partial charge in [-0.1, -0.05) is 12.1 Å². The van der Waals surface area contributed by atoms with E-state index in [-0.39, 0.29) is 11.3 Å². The number of benzene rings is 2. The summed E-state index contributed by atoms with van der Waals surface area (Å²) in [6, 6.07) is 6.80. The van der Waals surface area contributed by atoms with Gasteiger partial charge in [-0.05, 0) is 48.5 Å². The molecule has 0 bridgehead atoms. The lowest BCUT2D eigenvalue weighted by molar-refractivity contribution is 0.620. The van der Waals surface area contributed by atoms with E-state index in [2.05, 4.69) is 0 Å². The van der Waals surface area contributed by atoms with Gasteiger partial charge in [0.1, 0.15) is 11.6 Å². The van der Waals surface area contributed by atoms with Crippen LogP contribution in [-0.4, -0.2) is 0 Å². The molecular weight excluding hydrogens is 272 g/mol. The molecule has 0 fully saturated rings. The number of hydrogen-bond donors (Lipinski definition) is 3. The molecule has 0 saturated heterocycles. The highest BCUT2D eigenvalue weighted by atomic mass is 19.1. The van der Waals surface area contributed by atoms with Crippen LogP contribution in [0.1, 0.15) is 24.1 Å². The van der Waals surface area contributed by atoms with Gasteiger partial charge < -0.3 is 17.2 Å². The summed E-state index contributed by atoms with van der Waals surface area (Å²) in [6.45, 7) is 1.72. The Bertz CT molecular complexity index is 694. The zero-order valence-electron chi connectivity index (χ0n) is 11.6. The van der Waals surface area contributed by atoms with Crippen molar-refractivity contribution in [2.24, 2.45) is 11.5 Å². The summed E-state index contributed by atoms with van der Waals surface area (Å²) in [7, 11) is 0. The molecule has 3 nitrogen and oxygen atoms in total. The van der Waals surface area contributed by atoms with Gasteiger partial charge in [0.2, 0.25) is 0 Å². The van der Waals surface area contributed by atoms with Gasteiger partial charge in [0.15, 0.2) is 0 Å². The van der Waals surface area contributed by atoms with Gasteiger partial charge in [0.25, 0.3) is 0 Å². The van der Waals surface area contributed by atoms with E-state index in [0.29, 0.717) is 16.7 Å². The van der Waals surface area contributed by atoms with E-state index in [4.69, 9.17) is 17.2 Å². The first kappa shape index (κ1) is 15.0. The number of anilines is 1. The molecule has 0 heterocycles. The Morgan fingerprint density at radius 3 is 2.48 bits per heavy atom. The van der Waals surface area contributed by atoms with Gasteiger partial charge in [0.05, 0.1) is 5.69 Å². The predicted molar refractivity (Wildman–Crippen MR) is 82.0 cm³/mol. The molecule has 2 rings (SSSR count). The average Bonchev–Trinajstić information content (AvgIpc) is 2.42. The molecule has 0 aliphatic rings. The molecule has 0 aromatic heterocycles. The van der Waals surface area contributed by atoms with Crippen LogP contribution in [0.15, 0.2) is 36.5 Å². The van der Waals surface area contributed by atoms with Crippen molar-refractivity contribution in [2.75, 3.05) is 5.73 Å². The van der Waals surface area contributed by atoms with Crippen LogP contribution in [0.3, 0.4) is 0 Å². The third-order valence-electron chi connectivity index (χ3n) is 3.25. The summed E-state index contributed by atoms with van der Waals surface area (Å²) in [4.78, 5) is 0. The normalized spacial score (nSPS) is 12.8. The summed E-state index contributed by atoms with van der Waals surface area (Å²) in [5, 5.41) is 0. The van der Waals surface area contributed by atoms with Crippen molar-refractivity contribution in [3.63, 3.8) is 0 Å². The Morgan fingerprint density at radius 2 is 1.90 bits per heavy atom. The second-order valence-corrected chi connectivity index (χ2v) is 4.81. The average molecular weight is 289 g/mol. The quantitative estimate of drug-likeness (QED) is 0.759. The van der Waals surface area contributed by atoms with Crippen LogP contribution in [-0.2, 0) is 0 Å². The maximum Gasteiger partial charge on any atom is 0.132 e. The van der Waals surface area contributed by atoms with Crippen LogP contribution in [0.25, 0.3) is 17.2 Å². The lowest BCUT2D eigenvalue weighted by atomic mass is 9.91. The number of hydrogen-bond acceptors (Lipinski definition) is 3. The molecule has 5 heteroatoms. The molecule has 110 valence electrons. The monoisotopic (exact) mass is 289 g/mol. The summed E-state index contributed by atoms with van der Waals surface area (Å²) in [5.41, 5.74) is 19.2. The van der Waals surface area contributed by atoms with Gasteiger partial charge in [-0.2, -0.15) is 0 Å². The predicted octanol–water partition coefficient (Wildman–Crippen LogP) is 3.16. The van der Waals surface area contributed by atoms with E-state index < -0.39 is 17.7 Å². The number of nitrogens with two attached hydrogens (primary N) is 3. The molecular formula is C16H17F2N3. The van der Waals surface area contributed by atoms with E-state index >= 15 is 0 Å². The smallest absolute Gasteiger partial charge is 0.132 e. The largest absolute Gasteiger partial charge is 0.405 e. The number of nitrogen functional groups attached to an aromatic ring is 1. The highest BCUT2D eigenvalue weighted by Gasteiger charge is 2.18. The van der Waals surface area contributed by atoms with Crippen LogP contribution in [0.2, 0.25) is 0 Å². The Balaban J connectivity index is 2.81. The highest BCUT2D eigenvalue weighted by Crippen LogP contribution is 2.37. The van der Waals surface area contributed by atoms with Gasteiger partial charge in [-0.15, -0.1) is 0 Å². The maximum absolute atomic E-state index is 14.1. The van der Waals surface area contributed by atoms with E-state index in [1.165, 1.54) is 30.5 Å². The Kier molecular flexibility index (Phi) is 4.23. The molecule has 0 spiro atoms. The molecule has 1 unspecified atom stereocenters. The number of halogens is 2. The minimum atomic E-state index is -0.512. The fourth-order valence-corrected chi connectivity index (χ4v) is 2.30. The molecule has 0 aliphatic heterocycles. The topological polar surface area (TPSA) is 78.1 Å². The van der Waals surface area contributed by atoms with Crippen molar-refractivity contribution >= 4 is 11.8 Å². The van der Waals surface area contributed by atoms with Crippen LogP contribution in [0.5, 0.6) is 0 Å². The molecule has 21 heavy (non-hydrogen) atoms. The molecule has 0 amide bonds. The minimum absolute atomic E-state index is 0.168. The van der Waals surface area contributed by atoms with E-state index in [0.717, 1.165) is 0 Å². The lowest BCUT2D eigenvalue weighted by Crippen LogP contribution is -2.10. The van der Waals surface area contributed by atoms with Crippen LogP contribution in [0, 0.1) is 11.6 Å². The van der Waals surface area contributed by atoms with Gasteiger partial charge in [0, 0.05) is 17.2 Å². The van der Waals surface area contributed by atoms with Crippen LogP contribution in [0.4, 0.5) is 14.5 Å². The summed E-state index contributed by atoms with van der Waals surface area (Å²) in [6.07, 6.45) is 2.58. The SMILES string of the molecule is CC(N)c1cc(F)c(/C=C\N)c(N)c1-c1cccc(F)c1. The van der Waals surface area contributed by atoms with Crippen molar-refractivity contribution in [1.29, 1.82) is 0 Å². The Labute approximate surface area is 122 Å². The molecule has 6 N–H and O–H groups in total. The standard InChI is InChI=1S/C16H17F2N3/c1-9(20)13-8-14(18)12(5-6-19)16(21)15(13)10-3-2-4-11(17)7-10/h2-9H,19-21H2,1H3/b6-5-. The van der Waals surface area contributed by atoms with Crippen molar-refractivity contribution in [1.82, 2.24) is 0 Å². The van der Waals surface area contributed by atoms with E-state index in [1.54, 1.807) is 19.1 Å². The fourth-order valence-electron chi connectivity index (χ4n) is 2.30. The van der Waals surface area contributed by atoms with Crippen molar-refractivity contribution < 1.29 is 8.78 Å². The molecule has 0 saturated carbocycles. The third kappa shape index (κ3) is 2.87. The summed E-state index contributed by atoms with van der Waals surface area (Å²) < 4.78 is 27.6. The van der Waals surface area contributed by atoms with Crippen molar-refractivity contribution in [3.05, 3.63) is 59.3 Å². The highest BCUT2D eigenvalue weighted by molar-refractivity contribution is 5.86. The molecule has 1 atom stereocenters. The van der Waals surface area contributed by atoms with E-state index in [9.17, 15) is 8.78 Å². The van der Waals surface area contributed by atoms with Crippen LogP contribution >= 0.6 is 0 Å². The molecule has 2 aromatic rings. The lowest BCUT2D eigenvalue weighted by Gasteiger charge is -2.18. The van der Waals surface area contributed by atoms with Gasteiger partial charge >= 0.3 is 0 Å². The van der Waals surface area contributed by atoms with Gasteiger partial charge in [-0.25, -0.2) is 8.78 Å². The molecule has 0 aliphatic carbocycles. The van der Waals surface area contributed by atoms with Crippen molar-refractivity contribution in [2.45, 2.75) is 13.0 Å². The molecule has 0 radical (unpaired) electrons. The second-order valence-electron chi connectivity index (χ2n) is 4.81. The first-order valence-corrected chi connectivity index (χ1v) is 6.47. The summed E-state index contributed by atoms with van der Waals surface area (Å²) in [5.74, 6) is -0.913. The first-order chi connectivity index (χ1) is 9.95. The van der Waals surface area contributed by atoms with Gasteiger partial charge in [-0.3, -0.25) is 0 Å². The Morgan fingerprint density at radius 1 is 1.19 bits per heavy atom. The summed E-state index contributed by atoms with van der Waals surface area (Å²) >= 11 is 0. The first-order valence-electron chi connectivity index (χ1n) is 6.47.